The van der Waals surface area contributed by atoms with Crippen molar-refractivity contribution in [3.63, 3.8) is 0 Å². The van der Waals surface area contributed by atoms with E-state index >= 15 is 0 Å². The van der Waals surface area contributed by atoms with Crippen molar-refractivity contribution in [3.8, 4) is 46.0 Å². The molecule has 0 radical (unpaired) electrons. The highest BCUT2D eigenvalue weighted by Gasteiger charge is 2.42. The van der Waals surface area contributed by atoms with Crippen LogP contribution in [0.4, 0.5) is 0 Å². The first kappa shape index (κ1) is 76.6. The minimum Gasteiger partial charge on any atom is -0.744 e. The zero-order chi connectivity index (χ0) is 63.4. The third-order valence-corrected chi connectivity index (χ3v) is 17.8. The van der Waals surface area contributed by atoms with Gasteiger partial charge < -0.3 is 65.4 Å². The predicted octanol–water partition coefficient (Wildman–Crippen LogP) is 11.2. The molecule has 0 saturated heterocycles. The molecule has 22 heteroatoms. The number of nitrogens with zero attached hydrogens (tertiary/aromatic N) is 2. The van der Waals surface area contributed by atoms with Crippen molar-refractivity contribution in [2.75, 3.05) is 110 Å². The molecule has 2 aliphatic rings. The van der Waals surface area contributed by atoms with Gasteiger partial charge in [0.1, 0.15) is 32.3 Å². The number of likely N-dealkylation sites (N-methyl/N-ethyl adjacent to an activating group) is 2. The number of unbranched alkanes of at least 4 members (excludes halogenated alkanes) is 2. The lowest BCUT2D eigenvalue weighted by Gasteiger charge is -2.46. The Morgan fingerprint density at radius 3 is 1.04 bits per heavy atom. The average molecular weight is 1290 g/mol. The first-order valence-electron chi connectivity index (χ1n) is 28.5. The maximum atomic E-state index is 13.2. The molecule has 0 aliphatic carbocycles. The number of ether oxygens (including phenoxy) is 10. The summed E-state index contributed by atoms with van der Waals surface area (Å²) in [5.41, 5.74) is 7.00. The monoisotopic (exact) mass is 1290 g/mol. The Bertz CT molecular complexity index is 3240. The van der Waals surface area contributed by atoms with E-state index in [0.29, 0.717) is 107 Å². The molecule has 0 aromatic heterocycles. The summed E-state index contributed by atoms with van der Waals surface area (Å²) < 4.78 is 120. The van der Waals surface area contributed by atoms with Crippen molar-refractivity contribution in [1.29, 1.82) is 0 Å². The molecule has 8 rings (SSSR count). The fourth-order valence-corrected chi connectivity index (χ4v) is 12.1. The summed E-state index contributed by atoms with van der Waals surface area (Å²) >= 11 is 0. The van der Waals surface area contributed by atoms with Gasteiger partial charge in [0.15, 0.2) is 46.0 Å². The molecule has 0 N–H and O–H groups in total. The van der Waals surface area contributed by atoms with Crippen LogP contribution in [-0.4, -0.2) is 157 Å². The van der Waals surface area contributed by atoms with Gasteiger partial charge in [-0.15, -0.1) is 0 Å². The topological polar surface area (TPSA) is 241 Å². The fraction of sp³-hybridized carbons (Fsp3) is 0.441. The normalized spacial score (nSPS) is 17.1. The van der Waals surface area contributed by atoms with E-state index in [4.69, 9.17) is 47.4 Å². The van der Waals surface area contributed by atoms with Crippen molar-refractivity contribution in [1.82, 2.24) is 0 Å². The van der Waals surface area contributed by atoms with Gasteiger partial charge in [0.05, 0.1) is 133 Å². The maximum Gasteiger partial charge on any atom is 0.311 e. The number of benzene rings is 6. The molecule has 0 spiro atoms. The van der Waals surface area contributed by atoms with Crippen LogP contribution >= 0.6 is 0 Å². The Labute approximate surface area is 534 Å². The van der Waals surface area contributed by atoms with Crippen LogP contribution in [0.2, 0.25) is 0 Å². The molecule has 0 unspecified atom stereocenters. The molecule has 0 amide bonds. The molecule has 6 aromatic rings. The van der Waals surface area contributed by atoms with Crippen LogP contribution in [0.3, 0.4) is 0 Å². The van der Waals surface area contributed by atoms with E-state index < -0.39 is 20.2 Å². The Hall–Kier alpha value is -7.60. The van der Waals surface area contributed by atoms with Gasteiger partial charge in [0.25, 0.3) is 0 Å². The smallest absolute Gasteiger partial charge is 0.311 e. The van der Waals surface area contributed by atoms with Crippen LogP contribution in [0.5, 0.6) is 46.0 Å². The average Bonchev–Trinajstić information content (AvgIpc) is 0.827. The third kappa shape index (κ3) is 20.7. The van der Waals surface area contributed by atoms with Crippen molar-refractivity contribution in [2.24, 2.45) is 0 Å². The molecule has 0 bridgehead atoms. The van der Waals surface area contributed by atoms with Crippen LogP contribution in [0.25, 0.3) is 0 Å². The SMILES string of the molecule is C.C.C.COc1ccc(C[C@@H]2c3cc(OC)c(OC)cc3CC[N@+]2(C)CCC(=O)OCCCCCOC(=O)CC[N@@+]2(C)CCc3cc(OC)c(OC)cc3[C@H]2Cc2ccc(OC)c(OC)c2)cc1OC.O=S(=O)([O-])c1ccccc1.O=S(=O)([O-])c1ccccc1. The minimum atomic E-state index is -4.25. The second-order valence-corrected chi connectivity index (χ2v) is 24.3. The third-order valence-electron chi connectivity index (χ3n) is 16.1. The quantitative estimate of drug-likeness (QED) is 0.0212. The number of methoxy groups -OCH3 is 8. The summed E-state index contributed by atoms with van der Waals surface area (Å²) in [7, 11) is 9.11. The predicted molar refractivity (Wildman–Crippen MR) is 344 cm³/mol. The van der Waals surface area contributed by atoms with Crippen molar-refractivity contribution in [2.45, 2.75) is 102 Å². The number of esters is 2. The Morgan fingerprint density at radius 1 is 0.433 bits per heavy atom. The van der Waals surface area contributed by atoms with E-state index in [-0.39, 0.29) is 56.1 Å². The van der Waals surface area contributed by atoms with Gasteiger partial charge in [-0.25, -0.2) is 16.8 Å². The lowest BCUT2D eigenvalue weighted by molar-refractivity contribution is -0.940. The summed E-state index contributed by atoms with van der Waals surface area (Å²) in [6.07, 6.45) is 5.85. The fourth-order valence-electron chi connectivity index (χ4n) is 11.1. The van der Waals surface area contributed by atoms with E-state index in [1.165, 1.54) is 70.8 Å². The van der Waals surface area contributed by atoms with Crippen LogP contribution in [0.15, 0.2) is 131 Å². The highest BCUT2D eigenvalue weighted by Crippen LogP contribution is 2.45. The number of carbonyl (C=O) groups is 2. The second-order valence-electron chi connectivity index (χ2n) is 21.5. The van der Waals surface area contributed by atoms with Gasteiger partial charge >= 0.3 is 11.9 Å². The summed E-state index contributed by atoms with van der Waals surface area (Å²) in [6, 6.07) is 34.9. The minimum absolute atomic E-state index is 0. The summed E-state index contributed by atoms with van der Waals surface area (Å²) in [5.74, 6) is 5.06. The van der Waals surface area contributed by atoms with Crippen LogP contribution in [0, 0.1) is 0 Å². The second kappa shape index (κ2) is 35.7. The van der Waals surface area contributed by atoms with E-state index in [1.807, 2.05) is 24.3 Å². The largest absolute Gasteiger partial charge is 0.744 e. The van der Waals surface area contributed by atoms with Gasteiger partial charge in [-0.05, 0) is 114 Å². The molecule has 0 fully saturated rings. The maximum absolute atomic E-state index is 13.2. The molecule has 2 aliphatic heterocycles. The number of hydrogen-bond donors (Lipinski definition) is 0. The van der Waals surface area contributed by atoms with Crippen LogP contribution in [0.1, 0.15) is 99.8 Å². The molecule has 90 heavy (non-hydrogen) atoms. The van der Waals surface area contributed by atoms with Gasteiger partial charge in [-0.3, -0.25) is 9.59 Å². The van der Waals surface area contributed by atoms with Gasteiger partial charge in [0.2, 0.25) is 0 Å². The molecule has 6 aromatic carbocycles. The van der Waals surface area contributed by atoms with Crippen LogP contribution < -0.4 is 37.9 Å². The Kier molecular flexibility index (Phi) is 30.4. The molecule has 4 atom stereocenters. The number of rotatable bonds is 26. The zero-order valence-corrected chi connectivity index (χ0v) is 53.0. The Morgan fingerprint density at radius 2 is 0.744 bits per heavy atom. The summed E-state index contributed by atoms with van der Waals surface area (Å²) in [4.78, 5) is 26.0. The van der Waals surface area contributed by atoms with Crippen molar-refractivity contribution < 1.29 is 91.9 Å². The van der Waals surface area contributed by atoms with E-state index in [1.54, 1.807) is 69.0 Å². The lowest BCUT2D eigenvalue weighted by atomic mass is 9.86. The first-order chi connectivity index (χ1) is 41.6. The van der Waals surface area contributed by atoms with E-state index in [9.17, 15) is 35.5 Å². The van der Waals surface area contributed by atoms with Gasteiger partial charge in [-0.1, -0.05) is 70.8 Å². The van der Waals surface area contributed by atoms with Crippen molar-refractivity contribution >= 4 is 32.2 Å². The molecule has 20 nitrogen and oxygen atoms in total. The standard InChI is InChI=1S/C53H72N2O12.2C6H6O3S.3CH4/c1-54(22-18-38-32-48(62-7)50(64-9)34-40(38)42(54)28-36-14-16-44(58-3)46(30-36)60-5)24-20-52(56)66-26-12-11-13-27-67-53(57)21-25-55(2)23-19-39-33-49(63-8)51(65-10)35-41(39)43(55)29-37-15-17-45(59-4)47(31-37)61-6;2*7-10(8,9)6-4-2-1-3-5-6;;;/h14-17,30-35,42-43H,11-13,18-29H2,1-10H3;2*1-5H,(H,7,8,9);3*1H4/q+2;;;;;/p-2/t42-,43-,54-,55-;;;;;/m1...../s1. The molecular weight excluding hydrogens is 1200 g/mol. The number of hydrogen-bond acceptors (Lipinski definition) is 18. The van der Waals surface area contributed by atoms with Gasteiger partial charge in [0, 0.05) is 36.8 Å². The number of carbonyl (C=O) groups excluding carboxylic acids is 2. The first-order valence-corrected chi connectivity index (χ1v) is 31.3. The molecule has 496 valence electrons. The molecular formula is C68H94N2O18S2. The van der Waals surface area contributed by atoms with Gasteiger partial charge in [-0.2, -0.15) is 0 Å². The number of fused-ring (bicyclic) bond motifs is 2. The number of quaternary nitrogens is 2. The lowest BCUT2D eigenvalue weighted by Crippen LogP contribution is -2.53. The molecule has 2 heterocycles. The summed E-state index contributed by atoms with van der Waals surface area (Å²) in [5, 5.41) is 0. The highest BCUT2D eigenvalue weighted by molar-refractivity contribution is 7.86. The zero-order valence-electron chi connectivity index (χ0n) is 51.4. The van der Waals surface area contributed by atoms with E-state index in [2.05, 4.69) is 50.5 Å². The van der Waals surface area contributed by atoms with Crippen molar-refractivity contribution in [3.05, 3.63) is 155 Å². The Balaban J connectivity index is 0.000000777. The molecule has 0 saturated carbocycles. The van der Waals surface area contributed by atoms with Crippen LogP contribution in [-0.2, 0) is 65.0 Å². The highest BCUT2D eigenvalue weighted by atomic mass is 32.2. The van der Waals surface area contributed by atoms with E-state index in [0.717, 1.165) is 56.3 Å². The summed E-state index contributed by atoms with van der Waals surface area (Å²) in [6.45, 7) is 3.57.